The van der Waals surface area contributed by atoms with Crippen LogP contribution in [0, 0.1) is 11.7 Å². The Morgan fingerprint density at radius 3 is 2.61 bits per heavy atom. The second-order valence-corrected chi connectivity index (χ2v) is 11.1. The molecular weight excluding hydrogens is 437 g/mol. The normalized spacial score (nSPS) is 20.9. The predicted molar refractivity (Wildman–Crippen MR) is 118 cm³/mol. The fourth-order valence-electron chi connectivity index (χ4n) is 4.71. The molecule has 3 aromatic rings. The second-order valence-electron chi connectivity index (χ2n) is 8.24. The smallest absolute Gasteiger partial charge is 0.275 e. The van der Waals surface area contributed by atoms with E-state index >= 15 is 0 Å². The molecule has 2 atom stereocenters. The minimum atomic E-state index is -3.76. The molecule has 1 N–H and O–H groups in total. The molecule has 1 fully saturated rings. The molecule has 9 heteroatoms. The van der Waals surface area contributed by atoms with Crippen molar-refractivity contribution in [1.29, 1.82) is 0 Å². The van der Waals surface area contributed by atoms with Crippen LogP contribution in [-0.4, -0.2) is 31.0 Å². The SMILES string of the molecule is O=c1c(NS(=O)(=O)c2cccs2)ccc2n1CC1CC2CN(Cc2ccc(F)cc2)C1. The highest BCUT2D eigenvalue weighted by Crippen LogP contribution is 2.36. The number of nitrogens with zero attached hydrogens (tertiary/aromatic N) is 2. The first kappa shape index (κ1) is 20.4. The summed E-state index contributed by atoms with van der Waals surface area (Å²) in [6, 6.07) is 13.2. The number of fused-ring (bicyclic) bond motifs is 4. The van der Waals surface area contributed by atoms with Gasteiger partial charge in [0.05, 0.1) is 0 Å². The number of sulfonamides is 1. The summed E-state index contributed by atoms with van der Waals surface area (Å²) in [6.07, 6.45) is 1.01. The van der Waals surface area contributed by atoms with E-state index in [-0.39, 0.29) is 27.2 Å². The number of hydrogen-bond donors (Lipinski definition) is 1. The van der Waals surface area contributed by atoms with Crippen LogP contribution < -0.4 is 10.3 Å². The zero-order valence-corrected chi connectivity index (χ0v) is 18.3. The van der Waals surface area contributed by atoms with Crippen molar-refractivity contribution in [3.63, 3.8) is 0 Å². The van der Waals surface area contributed by atoms with Gasteiger partial charge in [0, 0.05) is 37.8 Å². The van der Waals surface area contributed by atoms with Crippen LogP contribution in [0.25, 0.3) is 0 Å². The zero-order chi connectivity index (χ0) is 21.6. The molecule has 0 radical (unpaired) electrons. The molecule has 2 aliphatic rings. The maximum absolute atomic E-state index is 13.2. The molecule has 4 heterocycles. The Balaban J connectivity index is 1.38. The van der Waals surface area contributed by atoms with Crippen LogP contribution in [0.4, 0.5) is 10.1 Å². The van der Waals surface area contributed by atoms with Gasteiger partial charge >= 0.3 is 0 Å². The second kappa shape index (κ2) is 7.89. The number of aromatic nitrogens is 1. The number of anilines is 1. The molecule has 31 heavy (non-hydrogen) atoms. The van der Waals surface area contributed by atoms with Gasteiger partial charge in [-0.2, -0.15) is 0 Å². The van der Waals surface area contributed by atoms with Crippen LogP contribution in [0.3, 0.4) is 0 Å². The van der Waals surface area contributed by atoms with E-state index in [9.17, 15) is 17.6 Å². The molecule has 2 aliphatic heterocycles. The van der Waals surface area contributed by atoms with E-state index in [0.29, 0.717) is 12.5 Å². The summed E-state index contributed by atoms with van der Waals surface area (Å²) in [6.45, 7) is 2.98. The monoisotopic (exact) mass is 459 g/mol. The van der Waals surface area contributed by atoms with E-state index in [4.69, 9.17) is 0 Å². The lowest BCUT2D eigenvalue weighted by molar-refractivity contribution is 0.114. The number of piperidine rings is 1. The van der Waals surface area contributed by atoms with Crippen molar-refractivity contribution < 1.29 is 12.8 Å². The van der Waals surface area contributed by atoms with Gasteiger partial charge in [-0.25, -0.2) is 12.8 Å². The van der Waals surface area contributed by atoms with Crippen molar-refractivity contribution in [3.05, 3.63) is 81.3 Å². The van der Waals surface area contributed by atoms with E-state index in [1.165, 1.54) is 18.2 Å². The van der Waals surface area contributed by atoms with Gasteiger partial charge < -0.3 is 4.57 Å². The topological polar surface area (TPSA) is 71.4 Å². The van der Waals surface area contributed by atoms with Crippen LogP contribution in [-0.2, 0) is 23.1 Å². The quantitative estimate of drug-likeness (QED) is 0.634. The number of benzene rings is 1. The van der Waals surface area contributed by atoms with Gasteiger partial charge in [-0.15, -0.1) is 11.3 Å². The largest absolute Gasteiger partial charge is 0.310 e. The minimum Gasteiger partial charge on any atom is -0.310 e. The Bertz CT molecular complexity index is 1250. The van der Waals surface area contributed by atoms with Gasteiger partial charge in [0.15, 0.2) is 0 Å². The predicted octanol–water partition coefficient (Wildman–Crippen LogP) is 3.47. The average molecular weight is 460 g/mol. The number of pyridine rings is 1. The third-order valence-electron chi connectivity index (χ3n) is 6.00. The first-order valence-corrected chi connectivity index (χ1v) is 12.5. The standard InChI is InChI=1S/C22H22FN3O3S2/c23-18-5-3-15(4-6-18)11-25-12-16-10-17(14-25)20-8-7-19(22(27)26(20)13-16)24-31(28,29)21-2-1-9-30-21/h1-9,16-17,24H,10-14H2. The Labute approximate surface area is 184 Å². The first-order valence-electron chi connectivity index (χ1n) is 10.2. The van der Waals surface area contributed by atoms with E-state index < -0.39 is 10.0 Å². The minimum absolute atomic E-state index is 0.0836. The number of hydrogen-bond acceptors (Lipinski definition) is 5. The highest BCUT2D eigenvalue weighted by atomic mass is 32.2. The van der Waals surface area contributed by atoms with Crippen molar-refractivity contribution in [2.75, 3.05) is 17.8 Å². The van der Waals surface area contributed by atoms with E-state index in [1.54, 1.807) is 22.1 Å². The number of likely N-dealkylation sites (tertiary alicyclic amines) is 1. The van der Waals surface area contributed by atoms with Crippen LogP contribution in [0.1, 0.15) is 23.6 Å². The zero-order valence-electron chi connectivity index (χ0n) is 16.7. The Morgan fingerprint density at radius 2 is 1.87 bits per heavy atom. The molecule has 1 aromatic carbocycles. The summed E-state index contributed by atoms with van der Waals surface area (Å²) in [5.74, 6) is 0.287. The lowest BCUT2D eigenvalue weighted by Gasteiger charge is -2.43. The number of nitrogens with one attached hydrogen (secondary N) is 1. The molecule has 2 aromatic heterocycles. The van der Waals surface area contributed by atoms with Gasteiger partial charge in [0.25, 0.3) is 15.6 Å². The van der Waals surface area contributed by atoms with E-state index in [1.807, 2.05) is 18.2 Å². The van der Waals surface area contributed by atoms with Crippen LogP contribution >= 0.6 is 11.3 Å². The molecule has 5 rings (SSSR count). The third-order valence-corrected chi connectivity index (χ3v) is 8.77. The summed E-state index contributed by atoms with van der Waals surface area (Å²) in [4.78, 5) is 15.4. The Morgan fingerprint density at radius 1 is 1.06 bits per heavy atom. The van der Waals surface area contributed by atoms with Gasteiger partial charge in [-0.05, 0) is 53.6 Å². The van der Waals surface area contributed by atoms with Crippen molar-refractivity contribution in [2.24, 2.45) is 5.92 Å². The highest BCUT2D eigenvalue weighted by molar-refractivity contribution is 7.94. The summed E-state index contributed by atoms with van der Waals surface area (Å²) >= 11 is 1.11. The van der Waals surface area contributed by atoms with Gasteiger partial charge in [0.2, 0.25) is 0 Å². The number of rotatable bonds is 5. The molecule has 0 aliphatic carbocycles. The van der Waals surface area contributed by atoms with E-state index in [0.717, 1.165) is 48.6 Å². The van der Waals surface area contributed by atoms with Gasteiger partial charge in [-0.3, -0.25) is 14.4 Å². The molecule has 0 saturated carbocycles. The molecule has 162 valence electrons. The van der Waals surface area contributed by atoms with Crippen molar-refractivity contribution in [1.82, 2.24) is 9.47 Å². The molecule has 6 nitrogen and oxygen atoms in total. The van der Waals surface area contributed by atoms with Crippen molar-refractivity contribution in [3.8, 4) is 0 Å². The molecule has 0 spiro atoms. The maximum Gasteiger partial charge on any atom is 0.275 e. The lowest BCUT2D eigenvalue weighted by Crippen LogP contribution is -2.47. The number of thiophene rings is 1. The Kier molecular flexibility index (Phi) is 5.19. The van der Waals surface area contributed by atoms with Crippen LogP contribution in [0.2, 0.25) is 0 Å². The van der Waals surface area contributed by atoms with Gasteiger partial charge in [0.1, 0.15) is 15.7 Å². The molecule has 1 saturated heterocycles. The fraction of sp³-hybridized carbons (Fsp3) is 0.318. The van der Waals surface area contributed by atoms with Crippen molar-refractivity contribution >= 4 is 27.0 Å². The molecular formula is C22H22FN3O3S2. The van der Waals surface area contributed by atoms with Gasteiger partial charge in [-0.1, -0.05) is 18.2 Å². The lowest BCUT2D eigenvalue weighted by atomic mass is 9.83. The maximum atomic E-state index is 13.2. The summed E-state index contributed by atoms with van der Waals surface area (Å²) in [5.41, 5.74) is 1.81. The first-order chi connectivity index (χ1) is 14.9. The van der Waals surface area contributed by atoms with Crippen LogP contribution in [0.15, 0.2) is 62.9 Å². The summed E-state index contributed by atoms with van der Waals surface area (Å²) in [7, 11) is -3.76. The number of halogens is 1. The highest BCUT2D eigenvalue weighted by Gasteiger charge is 2.35. The summed E-state index contributed by atoms with van der Waals surface area (Å²) < 4.78 is 42.6. The molecule has 2 bridgehead atoms. The third kappa shape index (κ3) is 4.05. The summed E-state index contributed by atoms with van der Waals surface area (Å²) in [5, 5.41) is 1.69. The van der Waals surface area contributed by atoms with Crippen molar-refractivity contribution in [2.45, 2.75) is 29.6 Å². The Hall–Kier alpha value is -2.49. The van der Waals surface area contributed by atoms with E-state index in [2.05, 4.69) is 9.62 Å². The average Bonchev–Trinajstić information content (AvgIpc) is 3.28. The fourth-order valence-corrected chi connectivity index (χ4v) is 6.76. The van der Waals surface area contributed by atoms with Crippen LogP contribution in [0.5, 0.6) is 0 Å². The molecule has 2 unspecified atom stereocenters. The molecule has 0 amide bonds.